The lowest BCUT2D eigenvalue weighted by atomic mass is 10.3. The average Bonchev–Trinajstić information content (AvgIpc) is 2.09. The molecule has 1 saturated heterocycles. The number of rotatable bonds is 4. The van der Waals surface area contributed by atoms with Crippen LogP contribution >= 0.6 is 0 Å². The Morgan fingerprint density at radius 2 is 1.92 bits per heavy atom. The van der Waals surface area contributed by atoms with Crippen LogP contribution < -0.4 is 5.32 Å². The SMILES string of the molecule is [CH2-][NH2+]CCCN1CCN(C)CC1. The molecular weight excluding hydrogens is 150 g/mol. The third-order valence-electron chi connectivity index (χ3n) is 2.48. The molecule has 0 bridgehead atoms. The van der Waals surface area contributed by atoms with Crippen molar-refractivity contribution in [3.8, 4) is 0 Å². The van der Waals surface area contributed by atoms with Gasteiger partial charge in [0.25, 0.3) is 0 Å². The van der Waals surface area contributed by atoms with Gasteiger partial charge in [-0.25, -0.2) is 0 Å². The Balaban J connectivity index is 2.01. The van der Waals surface area contributed by atoms with E-state index in [1.807, 2.05) is 5.32 Å². The van der Waals surface area contributed by atoms with Crippen LogP contribution in [-0.4, -0.2) is 56.1 Å². The normalized spacial score (nSPS) is 21.5. The van der Waals surface area contributed by atoms with Crippen LogP contribution in [0.25, 0.3) is 0 Å². The van der Waals surface area contributed by atoms with Crippen LogP contribution in [0.2, 0.25) is 0 Å². The molecule has 1 heterocycles. The summed E-state index contributed by atoms with van der Waals surface area (Å²) < 4.78 is 0. The molecule has 3 heteroatoms. The number of likely N-dealkylation sites (N-methyl/N-ethyl adjacent to an activating group) is 1. The molecule has 1 aliphatic heterocycles. The summed E-state index contributed by atoms with van der Waals surface area (Å²) in [7, 11) is 5.92. The maximum absolute atomic E-state index is 3.73. The van der Waals surface area contributed by atoms with Crippen LogP contribution in [-0.2, 0) is 0 Å². The van der Waals surface area contributed by atoms with E-state index in [-0.39, 0.29) is 0 Å². The van der Waals surface area contributed by atoms with Crippen molar-refractivity contribution in [1.29, 1.82) is 0 Å². The summed E-state index contributed by atoms with van der Waals surface area (Å²) in [5, 5.41) is 2.01. The molecule has 0 saturated carbocycles. The van der Waals surface area contributed by atoms with E-state index in [4.69, 9.17) is 0 Å². The second kappa shape index (κ2) is 5.51. The standard InChI is InChI=1S/C9H21N3/c1-10-4-3-5-12-8-6-11(2)7-9-12/h1,3-10H2,2H3. The molecular formula is C9H21N3. The van der Waals surface area contributed by atoms with E-state index >= 15 is 0 Å². The van der Waals surface area contributed by atoms with Gasteiger partial charge in [0.15, 0.2) is 0 Å². The quantitative estimate of drug-likeness (QED) is 0.432. The highest BCUT2D eigenvalue weighted by molar-refractivity contribution is 4.68. The molecule has 2 N–H and O–H groups in total. The lowest BCUT2D eigenvalue weighted by Gasteiger charge is -2.32. The first-order valence-electron chi connectivity index (χ1n) is 4.84. The van der Waals surface area contributed by atoms with Crippen molar-refractivity contribution >= 4 is 0 Å². The Labute approximate surface area is 75.7 Å². The second-order valence-electron chi connectivity index (χ2n) is 3.58. The van der Waals surface area contributed by atoms with Gasteiger partial charge in [0.2, 0.25) is 0 Å². The lowest BCUT2D eigenvalue weighted by molar-refractivity contribution is -0.595. The molecule has 12 heavy (non-hydrogen) atoms. The highest BCUT2D eigenvalue weighted by Gasteiger charge is 2.12. The van der Waals surface area contributed by atoms with Crippen molar-refractivity contribution in [1.82, 2.24) is 9.80 Å². The monoisotopic (exact) mass is 171 g/mol. The zero-order chi connectivity index (χ0) is 8.81. The summed E-state index contributed by atoms with van der Waals surface area (Å²) in [5.41, 5.74) is 0. The van der Waals surface area contributed by atoms with Crippen molar-refractivity contribution in [3.05, 3.63) is 7.05 Å². The van der Waals surface area contributed by atoms with Crippen LogP contribution in [0.3, 0.4) is 0 Å². The zero-order valence-electron chi connectivity index (χ0n) is 8.13. The molecule has 72 valence electrons. The highest BCUT2D eigenvalue weighted by atomic mass is 15.2. The first-order chi connectivity index (χ1) is 5.83. The fourth-order valence-electron chi connectivity index (χ4n) is 1.53. The predicted molar refractivity (Wildman–Crippen MR) is 50.7 cm³/mol. The van der Waals surface area contributed by atoms with Crippen LogP contribution in [0, 0.1) is 7.05 Å². The molecule has 1 rings (SSSR count). The van der Waals surface area contributed by atoms with Gasteiger partial charge >= 0.3 is 0 Å². The number of nitrogens with two attached hydrogens (primary N) is 1. The Kier molecular flexibility index (Phi) is 4.58. The van der Waals surface area contributed by atoms with Gasteiger partial charge in [-0.15, -0.1) is 0 Å². The van der Waals surface area contributed by atoms with Gasteiger partial charge in [-0.1, -0.05) is 0 Å². The maximum atomic E-state index is 3.73. The smallest absolute Gasteiger partial charge is 0.0527 e. The summed E-state index contributed by atoms with van der Waals surface area (Å²) in [6.07, 6.45) is 1.27. The number of quaternary nitrogens is 1. The van der Waals surface area contributed by atoms with Crippen molar-refractivity contribution in [3.63, 3.8) is 0 Å². The number of nitrogens with zero attached hydrogens (tertiary/aromatic N) is 2. The van der Waals surface area contributed by atoms with Crippen molar-refractivity contribution in [2.24, 2.45) is 0 Å². The molecule has 0 aromatic rings. The van der Waals surface area contributed by atoms with Crippen LogP contribution in [0.5, 0.6) is 0 Å². The molecule has 0 aliphatic carbocycles. The summed E-state index contributed by atoms with van der Waals surface area (Å²) in [5.74, 6) is 0. The van der Waals surface area contributed by atoms with E-state index in [9.17, 15) is 0 Å². The van der Waals surface area contributed by atoms with E-state index in [2.05, 4.69) is 23.9 Å². The van der Waals surface area contributed by atoms with Gasteiger partial charge in [0.05, 0.1) is 6.54 Å². The summed E-state index contributed by atoms with van der Waals surface area (Å²) in [6.45, 7) is 7.36. The van der Waals surface area contributed by atoms with Crippen LogP contribution in [0.15, 0.2) is 0 Å². The van der Waals surface area contributed by atoms with E-state index < -0.39 is 0 Å². The summed E-state index contributed by atoms with van der Waals surface area (Å²) in [4.78, 5) is 4.94. The molecule has 1 fully saturated rings. The molecule has 0 spiro atoms. The lowest BCUT2D eigenvalue weighted by Crippen LogP contribution is -2.77. The number of piperazine rings is 1. The predicted octanol–water partition coefficient (Wildman–Crippen LogP) is -1.02. The molecule has 3 nitrogen and oxygen atoms in total. The van der Waals surface area contributed by atoms with Gasteiger partial charge < -0.3 is 15.1 Å². The second-order valence-corrected chi connectivity index (χ2v) is 3.58. The molecule has 0 amide bonds. The molecule has 0 atom stereocenters. The van der Waals surface area contributed by atoms with E-state index in [1.54, 1.807) is 0 Å². The van der Waals surface area contributed by atoms with E-state index in [0.29, 0.717) is 0 Å². The largest absolute Gasteiger partial charge is 0.479 e. The first-order valence-corrected chi connectivity index (χ1v) is 4.84. The summed E-state index contributed by atoms with van der Waals surface area (Å²) in [6, 6.07) is 0. The third kappa shape index (κ3) is 3.52. The van der Waals surface area contributed by atoms with Crippen LogP contribution in [0.4, 0.5) is 0 Å². The molecule has 0 radical (unpaired) electrons. The fraction of sp³-hybridized carbons (Fsp3) is 0.889. The average molecular weight is 171 g/mol. The number of hydrogen-bond donors (Lipinski definition) is 1. The first kappa shape index (κ1) is 9.96. The number of hydrogen-bond acceptors (Lipinski definition) is 2. The van der Waals surface area contributed by atoms with Crippen LogP contribution in [0.1, 0.15) is 6.42 Å². The Morgan fingerprint density at radius 3 is 2.50 bits per heavy atom. The van der Waals surface area contributed by atoms with Crippen molar-refractivity contribution < 1.29 is 5.32 Å². The molecule has 0 aromatic carbocycles. The van der Waals surface area contributed by atoms with Gasteiger partial charge in [-0.2, -0.15) is 7.05 Å². The van der Waals surface area contributed by atoms with Gasteiger partial charge in [-0.05, 0) is 7.05 Å². The molecule has 0 unspecified atom stereocenters. The Morgan fingerprint density at radius 1 is 1.25 bits per heavy atom. The van der Waals surface area contributed by atoms with Gasteiger partial charge in [-0.3, -0.25) is 0 Å². The Bertz CT molecular complexity index is 108. The fourth-order valence-corrected chi connectivity index (χ4v) is 1.53. The topological polar surface area (TPSA) is 23.1 Å². The molecule has 0 aromatic heterocycles. The maximum Gasteiger partial charge on any atom is 0.0527 e. The third-order valence-corrected chi connectivity index (χ3v) is 2.48. The van der Waals surface area contributed by atoms with Crippen molar-refractivity contribution in [2.75, 3.05) is 46.3 Å². The Hall–Kier alpha value is -0.120. The summed E-state index contributed by atoms with van der Waals surface area (Å²) >= 11 is 0. The molecule has 1 aliphatic rings. The van der Waals surface area contributed by atoms with Gasteiger partial charge in [0, 0.05) is 39.1 Å². The minimum Gasteiger partial charge on any atom is -0.479 e. The van der Waals surface area contributed by atoms with Gasteiger partial charge in [0.1, 0.15) is 0 Å². The van der Waals surface area contributed by atoms with Crippen molar-refractivity contribution in [2.45, 2.75) is 6.42 Å². The minimum absolute atomic E-state index is 1.16. The minimum atomic E-state index is 1.16. The van der Waals surface area contributed by atoms with E-state index in [1.165, 1.54) is 39.1 Å². The van der Waals surface area contributed by atoms with E-state index in [0.717, 1.165) is 6.54 Å². The highest BCUT2D eigenvalue weighted by Crippen LogP contribution is 1.98. The zero-order valence-corrected chi connectivity index (χ0v) is 8.13.